The molecule has 1 N–H and O–H groups in total. The molecular weight excluding hydrogens is 126 g/mol. The summed E-state index contributed by atoms with van der Waals surface area (Å²) in [7, 11) is 0. The molecule has 1 atom stereocenters. The van der Waals surface area contributed by atoms with Crippen LogP contribution in [0.1, 0.15) is 24.3 Å². The van der Waals surface area contributed by atoms with Crippen molar-refractivity contribution in [1.82, 2.24) is 4.98 Å². The van der Waals surface area contributed by atoms with Crippen LogP contribution in [0.2, 0.25) is 0 Å². The van der Waals surface area contributed by atoms with E-state index in [4.69, 9.17) is 5.11 Å². The van der Waals surface area contributed by atoms with Gasteiger partial charge >= 0.3 is 0 Å². The summed E-state index contributed by atoms with van der Waals surface area (Å²) in [5, 5.41) is 9.09. The van der Waals surface area contributed by atoms with Crippen LogP contribution in [-0.2, 0) is 0 Å². The van der Waals surface area contributed by atoms with Crippen molar-refractivity contribution in [3.05, 3.63) is 29.6 Å². The Kier molecular flexibility index (Phi) is 2.02. The van der Waals surface area contributed by atoms with Crippen molar-refractivity contribution in [3.63, 3.8) is 0 Å². The Morgan fingerprint density at radius 3 is 2.70 bits per heavy atom. The van der Waals surface area contributed by atoms with E-state index >= 15 is 0 Å². The summed E-state index contributed by atoms with van der Waals surface area (Å²) in [6, 6.07) is 3.79. The minimum Gasteiger partial charge on any atom is -0.387 e. The molecule has 54 valence electrons. The summed E-state index contributed by atoms with van der Waals surface area (Å²) in [6.45, 7) is 3.69. The normalized spacial score (nSPS) is 13.1. The maximum atomic E-state index is 9.09. The van der Waals surface area contributed by atoms with E-state index in [-0.39, 0.29) is 0 Å². The number of hydrogen-bond acceptors (Lipinski definition) is 2. The highest BCUT2D eigenvalue weighted by atomic mass is 16.3. The molecule has 1 heterocycles. The van der Waals surface area contributed by atoms with Crippen molar-refractivity contribution in [2.24, 2.45) is 0 Å². The van der Waals surface area contributed by atoms with E-state index in [1.807, 2.05) is 19.1 Å². The van der Waals surface area contributed by atoms with Crippen molar-refractivity contribution < 1.29 is 5.11 Å². The van der Waals surface area contributed by atoms with Gasteiger partial charge in [-0.2, -0.15) is 0 Å². The van der Waals surface area contributed by atoms with Gasteiger partial charge in [-0.05, 0) is 31.5 Å². The fourth-order valence-corrected chi connectivity index (χ4v) is 0.788. The largest absolute Gasteiger partial charge is 0.387 e. The second kappa shape index (κ2) is 2.80. The highest BCUT2D eigenvalue weighted by Gasteiger charge is 1.99. The Morgan fingerprint density at radius 2 is 2.30 bits per heavy atom. The second-order valence-corrected chi connectivity index (χ2v) is 2.43. The Bertz CT molecular complexity index is 220. The van der Waals surface area contributed by atoms with Gasteiger partial charge in [-0.15, -0.1) is 0 Å². The van der Waals surface area contributed by atoms with Gasteiger partial charge in [-0.25, -0.2) is 0 Å². The zero-order valence-corrected chi connectivity index (χ0v) is 6.20. The molecule has 0 aromatic carbocycles. The van der Waals surface area contributed by atoms with E-state index in [1.54, 1.807) is 13.1 Å². The third kappa shape index (κ3) is 1.54. The molecule has 2 nitrogen and oxygen atoms in total. The number of nitrogens with zero attached hydrogens (tertiary/aromatic N) is 1. The van der Waals surface area contributed by atoms with E-state index in [0.717, 1.165) is 11.3 Å². The predicted octanol–water partition coefficient (Wildman–Crippen LogP) is 1.44. The molecule has 1 unspecified atom stereocenters. The molecule has 0 fully saturated rings. The third-order valence-corrected chi connectivity index (χ3v) is 1.36. The summed E-state index contributed by atoms with van der Waals surface area (Å²) in [5.41, 5.74) is 1.87. The molecule has 0 spiro atoms. The second-order valence-electron chi connectivity index (χ2n) is 2.43. The van der Waals surface area contributed by atoms with Crippen molar-refractivity contribution in [2.75, 3.05) is 0 Å². The van der Waals surface area contributed by atoms with Gasteiger partial charge in [-0.3, -0.25) is 4.98 Å². The van der Waals surface area contributed by atoms with Crippen LogP contribution in [0.4, 0.5) is 0 Å². The molecule has 1 aromatic heterocycles. The van der Waals surface area contributed by atoms with Gasteiger partial charge in [0.15, 0.2) is 0 Å². The van der Waals surface area contributed by atoms with Crippen LogP contribution in [0, 0.1) is 6.92 Å². The first kappa shape index (κ1) is 7.22. The van der Waals surface area contributed by atoms with Crippen LogP contribution in [0.3, 0.4) is 0 Å². The van der Waals surface area contributed by atoms with Crippen molar-refractivity contribution in [3.8, 4) is 0 Å². The molecule has 0 aliphatic heterocycles. The molecule has 0 aliphatic rings. The molecule has 1 aromatic rings. The Labute approximate surface area is 60.5 Å². The number of rotatable bonds is 1. The van der Waals surface area contributed by atoms with Gasteiger partial charge in [0.1, 0.15) is 0 Å². The average Bonchev–Trinajstić information content (AvgIpc) is 1.88. The topological polar surface area (TPSA) is 33.1 Å². The lowest BCUT2D eigenvalue weighted by Gasteiger charge is -2.02. The van der Waals surface area contributed by atoms with Gasteiger partial charge in [0.05, 0.1) is 11.8 Å². The number of aromatic nitrogens is 1. The maximum Gasteiger partial charge on any atom is 0.0931 e. The minimum absolute atomic E-state index is 0.458. The molecule has 0 bridgehead atoms. The van der Waals surface area contributed by atoms with E-state index < -0.39 is 6.10 Å². The van der Waals surface area contributed by atoms with Crippen molar-refractivity contribution in [1.29, 1.82) is 0 Å². The molecule has 0 saturated heterocycles. The average molecular weight is 137 g/mol. The third-order valence-electron chi connectivity index (χ3n) is 1.36. The van der Waals surface area contributed by atoms with Crippen LogP contribution in [0.25, 0.3) is 0 Å². The highest BCUT2D eigenvalue weighted by molar-refractivity contribution is 5.15. The zero-order valence-electron chi connectivity index (χ0n) is 6.20. The molecule has 1 rings (SSSR count). The number of hydrogen-bond donors (Lipinski definition) is 1. The van der Waals surface area contributed by atoms with Gasteiger partial charge in [-0.1, -0.05) is 0 Å². The molecule has 10 heavy (non-hydrogen) atoms. The molecule has 0 amide bonds. The van der Waals surface area contributed by atoms with Gasteiger partial charge in [0, 0.05) is 6.20 Å². The Balaban J connectivity index is 2.96. The number of aliphatic hydroxyl groups is 1. The minimum atomic E-state index is -0.458. The van der Waals surface area contributed by atoms with Crippen LogP contribution >= 0.6 is 0 Å². The maximum absolute atomic E-state index is 9.09. The van der Waals surface area contributed by atoms with Crippen LogP contribution in [0.5, 0.6) is 0 Å². The molecule has 0 saturated carbocycles. The Hall–Kier alpha value is -0.890. The van der Waals surface area contributed by atoms with E-state index in [9.17, 15) is 0 Å². The lowest BCUT2D eigenvalue weighted by Crippen LogP contribution is -1.94. The molecule has 2 heteroatoms. The first-order valence-electron chi connectivity index (χ1n) is 3.31. The summed E-state index contributed by atoms with van der Waals surface area (Å²) >= 11 is 0. The molecule has 0 aliphatic carbocycles. The summed E-state index contributed by atoms with van der Waals surface area (Å²) in [5.74, 6) is 0. The van der Waals surface area contributed by atoms with E-state index in [0.29, 0.717) is 0 Å². The lowest BCUT2D eigenvalue weighted by molar-refractivity contribution is 0.194. The summed E-state index contributed by atoms with van der Waals surface area (Å²) in [4.78, 5) is 3.99. The number of aliphatic hydroxyl groups excluding tert-OH is 1. The Morgan fingerprint density at radius 1 is 1.60 bits per heavy atom. The summed E-state index contributed by atoms with van der Waals surface area (Å²) < 4.78 is 0. The number of pyridine rings is 1. The molecular formula is C8H11NO. The van der Waals surface area contributed by atoms with E-state index in [2.05, 4.69) is 4.98 Å². The fraction of sp³-hybridized carbons (Fsp3) is 0.375. The highest BCUT2D eigenvalue weighted by Crippen LogP contribution is 2.08. The first-order chi connectivity index (χ1) is 4.70. The quantitative estimate of drug-likeness (QED) is 0.635. The van der Waals surface area contributed by atoms with Crippen molar-refractivity contribution in [2.45, 2.75) is 20.0 Å². The standard InChI is InChI=1S/C8H11NO/c1-6-3-4-9-8(5-6)7(2)10/h3-5,7,10H,1-2H3. The van der Waals surface area contributed by atoms with E-state index in [1.165, 1.54) is 0 Å². The van der Waals surface area contributed by atoms with Gasteiger partial charge < -0.3 is 5.11 Å². The first-order valence-corrected chi connectivity index (χ1v) is 3.31. The van der Waals surface area contributed by atoms with Crippen LogP contribution in [0.15, 0.2) is 18.3 Å². The SMILES string of the molecule is Cc1ccnc(C(C)O)c1. The van der Waals surface area contributed by atoms with Crippen LogP contribution < -0.4 is 0 Å². The predicted molar refractivity (Wildman–Crippen MR) is 39.6 cm³/mol. The zero-order chi connectivity index (χ0) is 7.56. The van der Waals surface area contributed by atoms with Crippen LogP contribution in [-0.4, -0.2) is 10.1 Å². The van der Waals surface area contributed by atoms with Gasteiger partial charge in [0.25, 0.3) is 0 Å². The van der Waals surface area contributed by atoms with Crippen molar-refractivity contribution >= 4 is 0 Å². The lowest BCUT2D eigenvalue weighted by atomic mass is 10.2. The fourth-order valence-electron chi connectivity index (χ4n) is 0.788. The smallest absolute Gasteiger partial charge is 0.0931 e. The molecule has 0 radical (unpaired) electrons. The summed E-state index contributed by atoms with van der Waals surface area (Å²) in [6.07, 6.45) is 1.25. The monoisotopic (exact) mass is 137 g/mol. The van der Waals surface area contributed by atoms with Gasteiger partial charge in [0.2, 0.25) is 0 Å². The number of aryl methyl sites for hydroxylation is 1.